The van der Waals surface area contributed by atoms with Crippen molar-refractivity contribution >= 4 is 47.7 Å². The highest BCUT2D eigenvalue weighted by Crippen LogP contribution is 2.42. The molecule has 0 saturated heterocycles. The fraction of sp³-hybridized carbons (Fsp3) is 0.304. The maximum atomic E-state index is 12.4. The molecule has 0 radical (unpaired) electrons. The fourth-order valence-electron chi connectivity index (χ4n) is 3.77. The van der Waals surface area contributed by atoms with Gasteiger partial charge < -0.3 is 23.9 Å². The second kappa shape index (κ2) is 10.3. The van der Waals surface area contributed by atoms with Crippen molar-refractivity contribution in [1.29, 1.82) is 0 Å². The summed E-state index contributed by atoms with van der Waals surface area (Å²) < 4.78 is 22.6. The molecule has 1 aromatic heterocycles. The largest absolute Gasteiger partial charge is 0.493 e. The van der Waals surface area contributed by atoms with Crippen molar-refractivity contribution in [2.75, 3.05) is 26.6 Å². The fourth-order valence-corrected chi connectivity index (χ4v) is 4.71. The number of rotatable bonds is 8. The lowest BCUT2D eigenvalue weighted by molar-refractivity contribution is -0.136. The SMILES string of the molecule is COc1cc2c(cc1OC)C(COC(=O)N(S)SCCc1c[nH]c3ccccc13)CC(=O)O2. The molecule has 1 unspecified atom stereocenters. The maximum absolute atomic E-state index is 12.4. The summed E-state index contributed by atoms with van der Waals surface area (Å²) in [7, 11) is 3.03. The van der Waals surface area contributed by atoms with Crippen LogP contribution in [0.5, 0.6) is 17.2 Å². The van der Waals surface area contributed by atoms with Crippen LogP contribution in [0.2, 0.25) is 0 Å². The average Bonchev–Trinajstić information content (AvgIpc) is 3.24. The third-order valence-corrected chi connectivity index (χ3v) is 6.71. The first kappa shape index (κ1) is 23.2. The van der Waals surface area contributed by atoms with Gasteiger partial charge >= 0.3 is 12.1 Å². The van der Waals surface area contributed by atoms with E-state index in [1.165, 1.54) is 40.8 Å². The van der Waals surface area contributed by atoms with Crippen LogP contribution in [0.15, 0.2) is 42.6 Å². The number of methoxy groups -OCH3 is 2. The van der Waals surface area contributed by atoms with E-state index in [9.17, 15) is 9.59 Å². The molecule has 4 rings (SSSR count). The number of nitrogens with zero attached hydrogens (tertiary/aromatic N) is 1. The molecule has 10 heteroatoms. The van der Waals surface area contributed by atoms with E-state index in [4.69, 9.17) is 18.9 Å². The van der Waals surface area contributed by atoms with Crippen LogP contribution in [-0.2, 0) is 16.0 Å². The topological polar surface area (TPSA) is 90.1 Å². The van der Waals surface area contributed by atoms with Gasteiger partial charge in [0.1, 0.15) is 12.4 Å². The van der Waals surface area contributed by atoms with Crippen molar-refractivity contribution in [2.45, 2.75) is 18.8 Å². The van der Waals surface area contributed by atoms with Crippen molar-refractivity contribution < 1.29 is 28.5 Å². The Hall–Kier alpha value is -2.98. The van der Waals surface area contributed by atoms with Crippen molar-refractivity contribution in [3.63, 3.8) is 0 Å². The number of nitrogens with one attached hydrogen (secondary N) is 1. The maximum Gasteiger partial charge on any atom is 0.430 e. The Morgan fingerprint density at radius 1 is 1.24 bits per heavy atom. The number of aromatic nitrogens is 1. The lowest BCUT2D eigenvalue weighted by Crippen LogP contribution is -2.26. The van der Waals surface area contributed by atoms with Gasteiger partial charge in [-0.25, -0.2) is 4.79 Å². The lowest BCUT2D eigenvalue weighted by Gasteiger charge is -2.26. The number of hydrogen-bond acceptors (Lipinski definition) is 8. The minimum Gasteiger partial charge on any atom is -0.493 e. The number of hydrogen-bond donors (Lipinski definition) is 2. The molecule has 8 nitrogen and oxygen atoms in total. The second-order valence-corrected chi connectivity index (χ2v) is 9.11. The molecule has 1 N–H and O–H groups in total. The minimum absolute atomic E-state index is 0.0104. The van der Waals surface area contributed by atoms with Gasteiger partial charge in [0.25, 0.3) is 0 Å². The van der Waals surface area contributed by atoms with Crippen molar-refractivity contribution in [1.82, 2.24) is 8.69 Å². The number of carbonyl (C=O) groups excluding carboxylic acids is 2. The zero-order valence-corrected chi connectivity index (χ0v) is 19.9. The van der Waals surface area contributed by atoms with Crippen LogP contribution < -0.4 is 14.2 Å². The summed E-state index contributed by atoms with van der Waals surface area (Å²) in [5.41, 5.74) is 2.98. The van der Waals surface area contributed by atoms with Crippen molar-refractivity contribution in [3.8, 4) is 17.2 Å². The van der Waals surface area contributed by atoms with Crippen LogP contribution in [0.4, 0.5) is 4.79 Å². The third kappa shape index (κ3) is 5.17. The van der Waals surface area contributed by atoms with E-state index in [1.807, 2.05) is 24.4 Å². The first-order valence-corrected chi connectivity index (χ1v) is 11.6. The van der Waals surface area contributed by atoms with Gasteiger partial charge in [0.05, 0.1) is 20.6 Å². The van der Waals surface area contributed by atoms with Crippen LogP contribution in [0.25, 0.3) is 10.9 Å². The highest BCUT2D eigenvalue weighted by molar-refractivity contribution is 8.06. The molecular weight excluding hydrogens is 464 g/mol. The molecule has 0 fully saturated rings. The van der Waals surface area contributed by atoms with Gasteiger partial charge in [0, 0.05) is 40.4 Å². The molecule has 0 saturated carbocycles. The number of amides is 1. The predicted molar refractivity (Wildman–Crippen MR) is 129 cm³/mol. The number of carbonyl (C=O) groups is 2. The highest BCUT2D eigenvalue weighted by atomic mass is 32.2. The molecule has 0 spiro atoms. The molecule has 0 aliphatic carbocycles. The summed E-state index contributed by atoms with van der Waals surface area (Å²) in [6.45, 7) is 0.0104. The first-order chi connectivity index (χ1) is 16.0. The molecule has 1 atom stereocenters. The predicted octanol–water partition coefficient (Wildman–Crippen LogP) is 4.75. The Labute approximate surface area is 201 Å². The van der Waals surface area contributed by atoms with Crippen LogP contribution in [0.3, 0.4) is 0 Å². The lowest BCUT2D eigenvalue weighted by atomic mass is 9.93. The van der Waals surface area contributed by atoms with Gasteiger partial charge in [-0.1, -0.05) is 18.2 Å². The summed E-state index contributed by atoms with van der Waals surface area (Å²) in [5.74, 6) is 1.23. The van der Waals surface area contributed by atoms with Crippen LogP contribution in [0.1, 0.15) is 23.5 Å². The molecule has 1 amide bonds. The van der Waals surface area contributed by atoms with Gasteiger partial charge in [-0.05, 0) is 48.9 Å². The summed E-state index contributed by atoms with van der Waals surface area (Å²) in [6, 6.07) is 11.4. The quantitative estimate of drug-likeness (QED) is 0.205. The summed E-state index contributed by atoms with van der Waals surface area (Å²) in [5, 5.41) is 1.17. The minimum atomic E-state index is -0.594. The van der Waals surface area contributed by atoms with Crippen molar-refractivity contribution in [3.05, 3.63) is 53.7 Å². The Morgan fingerprint density at radius 2 is 2.00 bits per heavy atom. The Bertz CT molecular complexity index is 1170. The number of aryl methyl sites for hydroxylation is 1. The van der Waals surface area contributed by atoms with E-state index in [0.717, 1.165) is 17.5 Å². The molecule has 1 aliphatic rings. The summed E-state index contributed by atoms with van der Waals surface area (Å²) in [6.07, 6.45) is 2.25. The average molecular weight is 489 g/mol. The Balaban J connectivity index is 1.33. The Kier molecular flexibility index (Phi) is 7.24. The number of benzene rings is 2. The van der Waals surface area contributed by atoms with Gasteiger partial charge in [-0.2, -0.15) is 3.71 Å². The van der Waals surface area contributed by atoms with Crippen LogP contribution in [0, 0.1) is 0 Å². The number of aromatic amines is 1. The monoisotopic (exact) mass is 488 g/mol. The number of H-pyrrole nitrogens is 1. The number of fused-ring (bicyclic) bond motifs is 2. The molecule has 3 aromatic rings. The second-order valence-electron chi connectivity index (χ2n) is 7.41. The molecule has 2 heterocycles. The smallest absolute Gasteiger partial charge is 0.430 e. The molecule has 2 aromatic carbocycles. The van der Waals surface area contributed by atoms with Crippen molar-refractivity contribution in [2.24, 2.45) is 0 Å². The zero-order chi connectivity index (χ0) is 23.4. The number of ether oxygens (including phenoxy) is 4. The standard InChI is InChI=1S/C23H24N2O6S2/c1-28-20-10-17-15(9-22(26)31-19(17)11-21(20)29-2)13-30-23(27)25(32)33-8-7-14-12-24-18-6-4-3-5-16(14)18/h3-6,10-12,15,24,32H,7-9,13H2,1-2H3. The first-order valence-electron chi connectivity index (χ1n) is 10.3. The van der Waals surface area contributed by atoms with Crippen LogP contribution >= 0.6 is 24.8 Å². The Morgan fingerprint density at radius 3 is 2.79 bits per heavy atom. The van der Waals surface area contributed by atoms with E-state index in [-0.39, 0.29) is 18.9 Å². The summed E-state index contributed by atoms with van der Waals surface area (Å²) >= 11 is 5.50. The molecule has 174 valence electrons. The number of thiol groups is 1. The molecule has 1 aliphatic heterocycles. The zero-order valence-electron chi connectivity index (χ0n) is 18.2. The van der Waals surface area contributed by atoms with E-state index in [0.29, 0.717) is 23.0 Å². The van der Waals surface area contributed by atoms with Gasteiger partial charge in [0.15, 0.2) is 11.5 Å². The van der Waals surface area contributed by atoms with Gasteiger partial charge in [-0.15, -0.1) is 0 Å². The summed E-state index contributed by atoms with van der Waals surface area (Å²) in [4.78, 5) is 27.7. The molecule has 33 heavy (non-hydrogen) atoms. The van der Waals surface area contributed by atoms with E-state index in [2.05, 4.69) is 23.9 Å². The van der Waals surface area contributed by atoms with Crippen LogP contribution in [-0.4, -0.2) is 47.3 Å². The normalized spacial score (nSPS) is 15.0. The number of esters is 1. The van der Waals surface area contributed by atoms with Gasteiger partial charge in [-0.3, -0.25) is 4.79 Å². The van der Waals surface area contributed by atoms with E-state index in [1.54, 1.807) is 12.1 Å². The number of para-hydroxylation sites is 1. The third-order valence-electron chi connectivity index (χ3n) is 5.42. The molecular formula is C23H24N2O6S2. The van der Waals surface area contributed by atoms with Gasteiger partial charge in [0.2, 0.25) is 0 Å². The van der Waals surface area contributed by atoms with E-state index >= 15 is 0 Å². The van der Waals surface area contributed by atoms with E-state index < -0.39 is 12.1 Å². The highest BCUT2D eigenvalue weighted by Gasteiger charge is 2.30. The molecule has 0 bridgehead atoms.